The first-order valence-corrected chi connectivity index (χ1v) is 14.5. The summed E-state index contributed by atoms with van der Waals surface area (Å²) in [7, 11) is 1.45. The van der Waals surface area contributed by atoms with Crippen molar-refractivity contribution in [1.82, 2.24) is 20.7 Å². The number of hydrogen-bond donors (Lipinski definition) is 2. The van der Waals surface area contributed by atoms with Gasteiger partial charge in [0.15, 0.2) is 23.0 Å². The number of nitrogens with zero attached hydrogens (tertiary/aromatic N) is 2. The van der Waals surface area contributed by atoms with Crippen LogP contribution in [-0.4, -0.2) is 97.7 Å². The molecule has 2 amide bonds. The molecule has 2 N–H and O–H groups in total. The van der Waals surface area contributed by atoms with E-state index in [0.29, 0.717) is 45.0 Å². The van der Waals surface area contributed by atoms with Crippen molar-refractivity contribution in [1.29, 1.82) is 0 Å². The fourth-order valence-corrected chi connectivity index (χ4v) is 4.87. The van der Waals surface area contributed by atoms with Crippen LogP contribution in [0, 0.1) is 17.8 Å². The van der Waals surface area contributed by atoms with Gasteiger partial charge in [-0.2, -0.15) is 0 Å². The van der Waals surface area contributed by atoms with E-state index in [-0.39, 0.29) is 42.1 Å². The summed E-state index contributed by atoms with van der Waals surface area (Å²) in [6, 6.07) is 0.0223. The van der Waals surface area contributed by atoms with E-state index in [2.05, 4.69) is 20.7 Å². The quantitative estimate of drug-likeness (QED) is 0.262. The van der Waals surface area contributed by atoms with Crippen LogP contribution < -0.4 is 10.6 Å². The minimum Gasteiger partial charge on any atom is -0.384 e. The van der Waals surface area contributed by atoms with Gasteiger partial charge in [-0.1, -0.05) is 32.9 Å². The summed E-state index contributed by atoms with van der Waals surface area (Å²) in [5, 5.41) is 9.55. The Morgan fingerprint density at radius 1 is 1.05 bits per heavy atom. The Kier molecular flexibility index (Phi) is 12.0. The number of methoxy groups -OCH3 is 1. The van der Waals surface area contributed by atoms with Crippen LogP contribution in [0.1, 0.15) is 70.1 Å². The van der Waals surface area contributed by atoms with E-state index >= 15 is 0 Å². The summed E-state index contributed by atoms with van der Waals surface area (Å²) in [6.45, 7) is 13.2. The number of nitrogens with one attached hydrogen (secondary N) is 2. The highest BCUT2D eigenvalue weighted by atomic mass is 16.6. The van der Waals surface area contributed by atoms with Crippen molar-refractivity contribution in [3.8, 4) is 0 Å². The first kappa shape index (κ1) is 32.8. The molecule has 3 rings (SSSR count). The van der Waals surface area contributed by atoms with E-state index in [1.54, 1.807) is 13.0 Å². The maximum Gasteiger partial charge on any atom is 0.274 e. The highest BCUT2D eigenvalue weighted by Gasteiger charge is 2.50. The molecule has 0 saturated carbocycles. The van der Waals surface area contributed by atoms with Gasteiger partial charge in [0, 0.05) is 32.7 Å². The zero-order valence-electron chi connectivity index (χ0n) is 25.2. The molecule has 1 aromatic rings. The molecule has 0 unspecified atom stereocenters. The zero-order chi connectivity index (χ0) is 30.2. The van der Waals surface area contributed by atoms with Crippen molar-refractivity contribution >= 4 is 23.4 Å². The lowest BCUT2D eigenvalue weighted by Crippen LogP contribution is -2.50. The van der Waals surface area contributed by atoms with E-state index in [9.17, 15) is 19.2 Å². The number of amides is 2. The third kappa shape index (κ3) is 9.98. The molecule has 0 bridgehead atoms. The maximum absolute atomic E-state index is 13.5. The van der Waals surface area contributed by atoms with Crippen molar-refractivity contribution in [2.75, 3.05) is 46.6 Å². The van der Waals surface area contributed by atoms with E-state index in [1.807, 2.05) is 27.7 Å². The number of epoxide rings is 1. The zero-order valence-corrected chi connectivity index (χ0v) is 25.2. The summed E-state index contributed by atoms with van der Waals surface area (Å²) in [5.41, 5.74) is -0.790. The van der Waals surface area contributed by atoms with Crippen LogP contribution in [0.25, 0.3) is 0 Å². The molecule has 12 nitrogen and oxygen atoms in total. The fraction of sp³-hybridized carbons (Fsp3) is 0.759. The molecule has 3 heterocycles. The molecule has 41 heavy (non-hydrogen) atoms. The number of morpholine rings is 1. The molecule has 2 saturated heterocycles. The van der Waals surface area contributed by atoms with Crippen molar-refractivity contribution in [2.45, 2.75) is 78.1 Å². The highest BCUT2D eigenvalue weighted by Crippen LogP contribution is 2.30. The Balaban J connectivity index is 1.65. The average Bonchev–Trinajstić information content (AvgIpc) is 3.49. The molecular weight excluding hydrogens is 532 g/mol. The molecule has 230 valence electrons. The first-order valence-electron chi connectivity index (χ1n) is 14.5. The molecule has 2 aliphatic heterocycles. The highest BCUT2D eigenvalue weighted by molar-refractivity contribution is 5.99. The number of rotatable bonds is 17. The van der Waals surface area contributed by atoms with Gasteiger partial charge in [-0.05, 0) is 31.6 Å². The van der Waals surface area contributed by atoms with Gasteiger partial charge < -0.3 is 29.4 Å². The van der Waals surface area contributed by atoms with Gasteiger partial charge >= 0.3 is 0 Å². The van der Waals surface area contributed by atoms with Crippen molar-refractivity contribution in [3.63, 3.8) is 0 Å². The second kappa shape index (κ2) is 15.0. The standard InChI is InChI=1S/C29H46N4O8/c1-18(2)11-22(30-28(37)24-14-21(41-32-24)15-33-7-9-39-10-8-33)25(34)13-20(16-38-6)27(36)31-23(12-19(3)4)26(35)29(5)17-40-29/h14,18-20,22-23H,7-13,15-17H2,1-6H3,(H,30,37)(H,31,36)/t20-,22-,23-,29+/m0/s1. The number of carbonyl (C=O) groups excluding carboxylic acids is 4. The Labute approximate surface area is 242 Å². The van der Waals surface area contributed by atoms with Crippen LogP contribution >= 0.6 is 0 Å². The van der Waals surface area contributed by atoms with Gasteiger partial charge in [-0.3, -0.25) is 24.1 Å². The monoisotopic (exact) mass is 578 g/mol. The van der Waals surface area contributed by atoms with E-state index in [0.717, 1.165) is 13.1 Å². The normalized spacial score (nSPS) is 21.4. The minimum atomic E-state index is -0.880. The molecule has 2 aliphatic rings. The lowest BCUT2D eigenvalue weighted by molar-refractivity contribution is -0.135. The largest absolute Gasteiger partial charge is 0.384 e. The molecule has 0 spiro atoms. The Morgan fingerprint density at radius 3 is 2.27 bits per heavy atom. The molecule has 0 aromatic carbocycles. The summed E-state index contributed by atoms with van der Waals surface area (Å²) >= 11 is 0. The summed E-state index contributed by atoms with van der Waals surface area (Å²) in [6.07, 6.45) is 0.678. The molecule has 0 aliphatic carbocycles. The van der Waals surface area contributed by atoms with Gasteiger partial charge in [0.1, 0.15) is 5.60 Å². The van der Waals surface area contributed by atoms with Crippen LogP contribution in [0.5, 0.6) is 0 Å². The van der Waals surface area contributed by atoms with Crippen LogP contribution in [0.15, 0.2) is 10.6 Å². The summed E-state index contributed by atoms with van der Waals surface area (Å²) < 4.78 is 21.3. The van der Waals surface area contributed by atoms with E-state index < -0.39 is 35.4 Å². The Morgan fingerprint density at radius 2 is 1.68 bits per heavy atom. The third-order valence-electron chi connectivity index (χ3n) is 7.30. The molecule has 1 aromatic heterocycles. The second-order valence-corrected chi connectivity index (χ2v) is 12.1. The van der Waals surface area contributed by atoms with Gasteiger partial charge in [0.25, 0.3) is 5.91 Å². The Bertz CT molecular complexity index is 1050. The smallest absolute Gasteiger partial charge is 0.274 e. The van der Waals surface area contributed by atoms with Crippen LogP contribution in [0.2, 0.25) is 0 Å². The van der Waals surface area contributed by atoms with E-state index in [4.69, 9.17) is 18.7 Å². The van der Waals surface area contributed by atoms with Gasteiger partial charge in [-0.15, -0.1) is 0 Å². The molecule has 12 heteroatoms. The van der Waals surface area contributed by atoms with E-state index in [1.165, 1.54) is 7.11 Å². The number of hydrogen-bond acceptors (Lipinski definition) is 10. The predicted molar refractivity (Wildman–Crippen MR) is 149 cm³/mol. The predicted octanol–water partition coefficient (Wildman–Crippen LogP) is 1.76. The number of ether oxygens (including phenoxy) is 3. The van der Waals surface area contributed by atoms with Crippen LogP contribution in [0.4, 0.5) is 0 Å². The number of Topliss-reactive ketones (excluding diaryl/α,β-unsaturated/α-hetero) is 2. The van der Waals surface area contributed by atoms with Gasteiger partial charge in [-0.25, -0.2) is 0 Å². The molecule has 2 fully saturated rings. The number of aromatic nitrogens is 1. The average molecular weight is 579 g/mol. The van der Waals surface area contributed by atoms with Crippen molar-refractivity contribution in [2.24, 2.45) is 17.8 Å². The fourth-order valence-electron chi connectivity index (χ4n) is 4.87. The number of ketones is 2. The summed E-state index contributed by atoms with van der Waals surface area (Å²) in [4.78, 5) is 55.0. The van der Waals surface area contributed by atoms with Crippen molar-refractivity contribution in [3.05, 3.63) is 17.5 Å². The topological polar surface area (TPSA) is 153 Å². The molecule has 0 radical (unpaired) electrons. The molecular formula is C29H46N4O8. The second-order valence-electron chi connectivity index (χ2n) is 12.1. The molecule has 4 atom stereocenters. The minimum absolute atomic E-state index is 0.00946. The summed E-state index contributed by atoms with van der Waals surface area (Å²) in [5.74, 6) is -1.46. The van der Waals surface area contributed by atoms with Crippen LogP contribution in [-0.2, 0) is 35.1 Å². The third-order valence-corrected chi connectivity index (χ3v) is 7.30. The lowest BCUT2D eigenvalue weighted by atomic mass is 9.91. The maximum atomic E-state index is 13.5. The first-order chi connectivity index (χ1) is 19.4. The van der Waals surface area contributed by atoms with Gasteiger partial charge in [0.05, 0.1) is 51.0 Å². The Hall–Kier alpha value is -2.67. The lowest BCUT2D eigenvalue weighted by Gasteiger charge is -2.25. The van der Waals surface area contributed by atoms with Crippen molar-refractivity contribution < 1.29 is 37.9 Å². The van der Waals surface area contributed by atoms with Gasteiger partial charge in [0.2, 0.25) is 5.91 Å². The SMILES string of the molecule is COC[C@H](CC(=O)[C@H](CC(C)C)NC(=O)c1cc(CN2CCOCC2)on1)C(=O)N[C@@H](CC(C)C)C(=O)[C@@]1(C)CO1. The van der Waals surface area contributed by atoms with Crippen LogP contribution in [0.3, 0.4) is 0 Å². The number of carbonyl (C=O) groups is 4.